The van der Waals surface area contributed by atoms with E-state index in [9.17, 15) is 4.79 Å². The fourth-order valence-corrected chi connectivity index (χ4v) is 2.21. The summed E-state index contributed by atoms with van der Waals surface area (Å²) in [5.74, 6) is -0.0739. The molecule has 1 amide bonds. The predicted octanol–water partition coefficient (Wildman–Crippen LogP) is 2.73. The van der Waals surface area contributed by atoms with Crippen molar-refractivity contribution < 1.29 is 4.79 Å². The summed E-state index contributed by atoms with van der Waals surface area (Å²) in [7, 11) is 1.91. The smallest absolute Gasteiger partial charge is 0.251 e. The number of benzene rings is 1. The van der Waals surface area contributed by atoms with Gasteiger partial charge < -0.3 is 5.32 Å². The van der Waals surface area contributed by atoms with E-state index in [-0.39, 0.29) is 5.91 Å². The summed E-state index contributed by atoms with van der Waals surface area (Å²) in [5.41, 5.74) is 3.76. The lowest BCUT2D eigenvalue weighted by atomic mass is 10.1. The summed E-state index contributed by atoms with van der Waals surface area (Å²) in [4.78, 5) is 12.0. The van der Waals surface area contributed by atoms with E-state index < -0.39 is 0 Å². The standard InChI is InChI=1S/C14H16BrN3O/c1-9-13(10(2)18(3)17-9)8-16-14(19)11-4-6-12(15)7-5-11/h4-7H,8H2,1-3H3,(H,16,19). The summed E-state index contributed by atoms with van der Waals surface area (Å²) in [6.07, 6.45) is 0. The SMILES string of the molecule is Cc1nn(C)c(C)c1CNC(=O)c1ccc(Br)cc1. The highest BCUT2D eigenvalue weighted by molar-refractivity contribution is 9.10. The van der Waals surface area contributed by atoms with Crippen molar-refractivity contribution in [3.8, 4) is 0 Å². The van der Waals surface area contributed by atoms with Crippen LogP contribution in [0.25, 0.3) is 0 Å². The maximum atomic E-state index is 12.0. The van der Waals surface area contributed by atoms with E-state index in [0.717, 1.165) is 21.4 Å². The molecule has 5 heteroatoms. The molecule has 0 aliphatic rings. The molecule has 100 valence electrons. The minimum Gasteiger partial charge on any atom is -0.348 e. The topological polar surface area (TPSA) is 46.9 Å². The number of nitrogens with zero attached hydrogens (tertiary/aromatic N) is 2. The molecule has 1 aromatic carbocycles. The molecule has 1 N–H and O–H groups in total. The van der Waals surface area contributed by atoms with Crippen LogP contribution in [0.2, 0.25) is 0 Å². The number of aromatic nitrogens is 2. The third kappa shape index (κ3) is 3.04. The lowest BCUT2D eigenvalue weighted by molar-refractivity contribution is 0.0951. The minimum atomic E-state index is -0.0739. The summed E-state index contributed by atoms with van der Waals surface area (Å²) < 4.78 is 2.79. The second-order valence-corrected chi connectivity index (χ2v) is 5.38. The number of carbonyl (C=O) groups is 1. The zero-order valence-corrected chi connectivity index (χ0v) is 12.8. The lowest BCUT2D eigenvalue weighted by Gasteiger charge is -2.06. The molecule has 0 unspecified atom stereocenters. The Hall–Kier alpha value is -1.62. The molecule has 2 rings (SSSR count). The van der Waals surface area contributed by atoms with Gasteiger partial charge in [0, 0.05) is 34.9 Å². The molecule has 0 saturated carbocycles. The largest absolute Gasteiger partial charge is 0.348 e. The van der Waals surface area contributed by atoms with Crippen LogP contribution in [0.5, 0.6) is 0 Å². The van der Waals surface area contributed by atoms with Crippen molar-refractivity contribution in [2.45, 2.75) is 20.4 Å². The van der Waals surface area contributed by atoms with E-state index in [0.29, 0.717) is 12.1 Å². The normalized spacial score (nSPS) is 10.5. The Morgan fingerprint density at radius 3 is 2.47 bits per heavy atom. The summed E-state index contributed by atoms with van der Waals surface area (Å²) >= 11 is 3.35. The van der Waals surface area contributed by atoms with Gasteiger partial charge >= 0.3 is 0 Å². The average Bonchev–Trinajstić information content (AvgIpc) is 2.62. The van der Waals surface area contributed by atoms with E-state index in [1.807, 2.05) is 37.7 Å². The van der Waals surface area contributed by atoms with Gasteiger partial charge in [-0.3, -0.25) is 9.48 Å². The summed E-state index contributed by atoms with van der Waals surface area (Å²) in [6.45, 7) is 4.45. The molecule has 1 heterocycles. The van der Waals surface area contributed by atoms with E-state index in [2.05, 4.69) is 26.3 Å². The molecular formula is C14H16BrN3O. The van der Waals surface area contributed by atoms with Crippen LogP contribution in [0.15, 0.2) is 28.7 Å². The Balaban J connectivity index is 2.06. The van der Waals surface area contributed by atoms with Gasteiger partial charge in [-0.15, -0.1) is 0 Å². The van der Waals surface area contributed by atoms with Gasteiger partial charge in [-0.25, -0.2) is 0 Å². The second-order valence-electron chi connectivity index (χ2n) is 4.46. The van der Waals surface area contributed by atoms with Gasteiger partial charge in [0.2, 0.25) is 0 Å². The van der Waals surface area contributed by atoms with Crippen LogP contribution in [0, 0.1) is 13.8 Å². The van der Waals surface area contributed by atoms with Gasteiger partial charge in [-0.05, 0) is 38.1 Å². The third-order valence-corrected chi connectivity index (χ3v) is 3.72. The first kappa shape index (κ1) is 13.8. The molecule has 0 fully saturated rings. The van der Waals surface area contributed by atoms with Crippen molar-refractivity contribution in [1.82, 2.24) is 15.1 Å². The molecule has 0 aliphatic heterocycles. The fourth-order valence-electron chi connectivity index (χ4n) is 1.95. The Morgan fingerprint density at radius 1 is 1.32 bits per heavy atom. The quantitative estimate of drug-likeness (QED) is 0.944. The number of amides is 1. The Labute approximate surface area is 120 Å². The monoisotopic (exact) mass is 321 g/mol. The van der Waals surface area contributed by atoms with Crippen LogP contribution in [0.1, 0.15) is 27.3 Å². The van der Waals surface area contributed by atoms with Gasteiger partial charge in [0.05, 0.1) is 5.69 Å². The Kier molecular flexibility index (Phi) is 4.04. The highest BCUT2D eigenvalue weighted by Crippen LogP contribution is 2.13. The highest BCUT2D eigenvalue weighted by Gasteiger charge is 2.11. The fraction of sp³-hybridized carbons (Fsp3) is 0.286. The maximum absolute atomic E-state index is 12.0. The number of hydrogen-bond donors (Lipinski definition) is 1. The first-order valence-electron chi connectivity index (χ1n) is 6.02. The minimum absolute atomic E-state index is 0.0739. The summed E-state index contributed by atoms with van der Waals surface area (Å²) in [5, 5.41) is 7.25. The second kappa shape index (κ2) is 5.57. The molecule has 2 aromatic rings. The predicted molar refractivity (Wildman–Crippen MR) is 78.0 cm³/mol. The lowest BCUT2D eigenvalue weighted by Crippen LogP contribution is -2.23. The van der Waals surface area contributed by atoms with Crippen molar-refractivity contribution >= 4 is 21.8 Å². The number of aryl methyl sites for hydroxylation is 2. The first-order chi connectivity index (χ1) is 8.99. The first-order valence-corrected chi connectivity index (χ1v) is 6.81. The highest BCUT2D eigenvalue weighted by atomic mass is 79.9. The molecule has 1 aromatic heterocycles. The number of rotatable bonds is 3. The molecule has 0 saturated heterocycles. The molecule has 0 bridgehead atoms. The zero-order valence-electron chi connectivity index (χ0n) is 11.2. The van der Waals surface area contributed by atoms with Crippen LogP contribution >= 0.6 is 15.9 Å². The van der Waals surface area contributed by atoms with Crippen LogP contribution in [0.4, 0.5) is 0 Å². The number of halogens is 1. The Morgan fingerprint density at radius 2 is 1.95 bits per heavy atom. The van der Waals surface area contributed by atoms with Crippen LogP contribution in [0.3, 0.4) is 0 Å². The van der Waals surface area contributed by atoms with Crippen LogP contribution in [-0.2, 0) is 13.6 Å². The molecule has 19 heavy (non-hydrogen) atoms. The molecule has 0 aliphatic carbocycles. The van der Waals surface area contributed by atoms with Gasteiger partial charge in [0.1, 0.15) is 0 Å². The van der Waals surface area contributed by atoms with Gasteiger partial charge in [0.15, 0.2) is 0 Å². The molecule has 0 radical (unpaired) electrons. The van der Waals surface area contributed by atoms with Crippen molar-refractivity contribution in [3.63, 3.8) is 0 Å². The van der Waals surface area contributed by atoms with E-state index in [4.69, 9.17) is 0 Å². The maximum Gasteiger partial charge on any atom is 0.251 e. The molecule has 0 atom stereocenters. The van der Waals surface area contributed by atoms with Gasteiger partial charge in [-0.1, -0.05) is 15.9 Å². The van der Waals surface area contributed by atoms with E-state index >= 15 is 0 Å². The van der Waals surface area contributed by atoms with Crippen molar-refractivity contribution in [3.05, 3.63) is 51.3 Å². The van der Waals surface area contributed by atoms with E-state index in [1.54, 1.807) is 12.1 Å². The molecule has 0 spiro atoms. The Bertz CT molecular complexity index is 602. The third-order valence-electron chi connectivity index (χ3n) is 3.19. The van der Waals surface area contributed by atoms with Crippen molar-refractivity contribution in [2.24, 2.45) is 7.05 Å². The number of nitrogens with one attached hydrogen (secondary N) is 1. The number of hydrogen-bond acceptors (Lipinski definition) is 2. The van der Waals surface area contributed by atoms with Crippen molar-refractivity contribution in [2.75, 3.05) is 0 Å². The van der Waals surface area contributed by atoms with Crippen molar-refractivity contribution in [1.29, 1.82) is 0 Å². The summed E-state index contributed by atoms with van der Waals surface area (Å²) in [6, 6.07) is 7.30. The number of carbonyl (C=O) groups excluding carboxylic acids is 1. The van der Waals surface area contributed by atoms with Crippen LogP contribution < -0.4 is 5.32 Å². The zero-order chi connectivity index (χ0) is 14.0. The molecular weight excluding hydrogens is 306 g/mol. The van der Waals surface area contributed by atoms with Gasteiger partial charge in [0.25, 0.3) is 5.91 Å². The van der Waals surface area contributed by atoms with Gasteiger partial charge in [-0.2, -0.15) is 5.10 Å². The van der Waals surface area contributed by atoms with E-state index in [1.165, 1.54) is 0 Å². The molecule has 4 nitrogen and oxygen atoms in total. The van der Waals surface area contributed by atoms with Crippen LogP contribution in [-0.4, -0.2) is 15.7 Å². The average molecular weight is 322 g/mol.